The van der Waals surface area contributed by atoms with E-state index in [-0.39, 0.29) is 12.1 Å². The van der Waals surface area contributed by atoms with E-state index in [0.29, 0.717) is 25.6 Å². The average Bonchev–Trinajstić information content (AvgIpc) is 3.27. The van der Waals surface area contributed by atoms with Crippen LogP contribution in [0, 0.1) is 11.3 Å². The van der Waals surface area contributed by atoms with Crippen LogP contribution in [0.4, 0.5) is 4.79 Å². The molecule has 1 aliphatic heterocycles. The molecule has 1 heterocycles. The second-order valence-corrected chi connectivity index (χ2v) is 5.24. The third-order valence-electron chi connectivity index (χ3n) is 3.82. The van der Waals surface area contributed by atoms with Gasteiger partial charge in [-0.3, -0.25) is 0 Å². The highest BCUT2D eigenvalue weighted by atomic mass is 16.5. The van der Waals surface area contributed by atoms with Gasteiger partial charge in [-0.2, -0.15) is 5.26 Å². The molecule has 0 bridgehead atoms. The lowest BCUT2D eigenvalue weighted by atomic mass is 10.1. The van der Waals surface area contributed by atoms with Crippen LogP contribution in [0.3, 0.4) is 0 Å². The van der Waals surface area contributed by atoms with Crippen LogP contribution in [0.25, 0.3) is 0 Å². The van der Waals surface area contributed by atoms with Crippen molar-refractivity contribution < 1.29 is 9.53 Å². The maximum Gasteiger partial charge on any atom is 0.317 e. The van der Waals surface area contributed by atoms with Crippen molar-refractivity contribution in [1.29, 1.82) is 5.26 Å². The van der Waals surface area contributed by atoms with E-state index < -0.39 is 6.10 Å². The molecule has 0 unspecified atom stereocenters. The van der Waals surface area contributed by atoms with Crippen molar-refractivity contribution in [3.05, 3.63) is 35.9 Å². The predicted octanol–water partition coefficient (Wildman–Crippen LogP) is 1.48. The molecule has 2 aliphatic rings. The molecule has 1 N–H and O–H groups in total. The Morgan fingerprint density at radius 2 is 2.20 bits per heavy atom. The van der Waals surface area contributed by atoms with Gasteiger partial charge < -0.3 is 15.0 Å². The molecule has 5 heteroatoms. The number of hydrogen-bond donors (Lipinski definition) is 1. The van der Waals surface area contributed by atoms with Gasteiger partial charge in [0.05, 0.1) is 19.2 Å². The summed E-state index contributed by atoms with van der Waals surface area (Å²) >= 11 is 0. The van der Waals surface area contributed by atoms with Gasteiger partial charge in [0.2, 0.25) is 0 Å². The fourth-order valence-corrected chi connectivity index (χ4v) is 2.58. The summed E-state index contributed by atoms with van der Waals surface area (Å²) < 4.78 is 5.24. The molecule has 0 radical (unpaired) electrons. The maximum absolute atomic E-state index is 12.1. The summed E-state index contributed by atoms with van der Waals surface area (Å²) in [6.45, 7) is 1.33. The molecule has 2 fully saturated rings. The van der Waals surface area contributed by atoms with E-state index in [1.165, 1.54) is 5.56 Å². The monoisotopic (exact) mass is 271 g/mol. The summed E-state index contributed by atoms with van der Waals surface area (Å²) in [5.41, 5.74) is 1.27. The van der Waals surface area contributed by atoms with E-state index >= 15 is 0 Å². The van der Waals surface area contributed by atoms with Gasteiger partial charge in [-0.25, -0.2) is 4.79 Å². The number of rotatable bonds is 2. The Kier molecular flexibility index (Phi) is 3.57. The first-order chi connectivity index (χ1) is 9.78. The van der Waals surface area contributed by atoms with E-state index in [1.807, 2.05) is 24.3 Å². The minimum Gasteiger partial charge on any atom is -0.360 e. The topological polar surface area (TPSA) is 65.4 Å². The number of nitrogens with one attached hydrogen (secondary N) is 1. The normalized spacial score (nSPS) is 28.6. The smallest absolute Gasteiger partial charge is 0.317 e. The first-order valence-electron chi connectivity index (χ1n) is 6.89. The lowest BCUT2D eigenvalue weighted by Gasteiger charge is -2.29. The third-order valence-corrected chi connectivity index (χ3v) is 3.82. The largest absolute Gasteiger partial charge is 0.360 e. The van der Waals surface area contributed by atoms with Gasteiger partial charge in [-0.05, 0) is 12.0 Å². The Bertz CT molecular complexity index is 526. The summed E-state index contributed by atoms with van der Waals surface area (Å²) in [6, 6.07) is 12.4. The van der Waals surface area contributed by atoms with Crippen LogP contribution < -0.4 is 5.32 Å². The maximum atomic E-state index is 12.1. The molecule has 3 atom stereocenters. The van der Waals surface area contributed by atoms with Crippen molar-refractivity contribution in [2.75, 3.05) is 19.7 Å². The van der Waals surface area contributed by atoms with Crippen LogP contribution in [0.5, 0.6) is 0 Å². The zero-order chi connectivity index (χ0) is 13.9. The van der Waals surface area contributed by atoms with Crippen LogP contribution in [0.1, 0.15) is 17.9 Å². The number of carbonyl (C=O) groups excluding carboxylic acids is 1. The minimum absolute atomic E-state index is 0.0861. The molecule has 1 aliphatic carbocycles. The van der Waals surface area contributed by atoms with E-state index in [2.05, 4.69) is 17.4 Å². The first kappa shape index (κ1) is 12.9. The third kappa shape index (κ3) is 2.75. The SMILES string of the molecule is N#C[C@H]1CN(C(=O)N[C@@H]2C[C@H]2c2ccccc2)CCO1. The number of hydrogen-bond acceptors (Lipinski definition) is 3. The Balaban J connectivity index is 1.52. The van der Waals surface area contributed by atoms with E-state index in [4.69, 9.17) is 10.00 Å². The van der Waals surface area contributed by atoms with Crippen LogP contribution in [0.2, 0.25) is 0 Å². The van der Waals surface area contributed by atoms with Gasteiger partial charge in [0.1, 0.15) is 0 Å². The highest BCUT2D eigenvalue weighted by Gasteiger charge is 2.40. The second kappa shape index (κ2) is 5.51. The van der Waals surface area contributed by atoms with Crippen molar-refractivity contribution in [1.82, 2.24) is 10.2 Å². The zero-order valence-electron chi connectivity index (χ0n) is 11.2. The Hall–Kier alpha value is -2.06. The van der Waals surface area contributed by atoms with Crippen molar-refractivity contribution >= 4 is 6.03 Å². The van der Waals surface area contributed by atoms with Gasteiger partial charge in [-0.1, -0.05) is 30.3 Å². The fraction of sp³-hybridized carbons (Fsp3) is 0.467. The van der Waals surface area contributed by atoms with Gasteiger partial charge in [0.15, 0.2) is 6.10 Å². The number of nitrogens with zero attached hydrogens (tertiary/aromatic N) is 2. The molecule has 1 aromatic rings. The van der Waals surface area contributed by atoms with Crippen LogP contribution >= 0.6 is 0 Å². The van der Waals surface area contributed by atoms with Crippen LogP contribution in [0.15, 0.2) is 30.3 Å². The van der Waals surface area contributed by atoms with Gasteiger partial charge >= 0.3 is 6.03 Å². The molecule has 0 spiro atoms. The number of urea groups is 1. The summed E-state index contributed by atoms with van der Waals surface area (Å²) in [7, 11) is 0. The second-order valence-electron chi connectivity index (χ2n) is 5.24. The van der Waals surface area contributed by atoms with Crippen LogP contribution in [-0.2, 0) is 4.74 Å². The lowest BCUT2D eigenvalue weighted by molar-refractivity contribution is 0.0156. The Labute approximate surface area is 118 Å². The zero-order valence-corrected chi connectivity index (χ0v) is 11.2. The molecule has 104 valence electrons. The lowest BCUT2D eigenvalue weighted by Crippen LogP contribution is -2.49. The van der Waals surface area contributed by atoms with Gasteiger partial charge in [0, 0.05) is 18.5 Å². The Morgan fingerprint density at radius 3 is 2.95 bits per heavy atom. The fourth-order valence-electron chi connectivity index (χ4n) is 2.58. The quantitative estimate of drug-likeness (QED) is 0.886. The van der Waals surface area contributed by atoms with Gasteiger partial charge in [0.25, 0.3) is 0 Å². The van der Waals surface area contributed by atoms with E-state index in [1.54, 1.807) is 4.90 Å². The molecule has 2 amide bonds. The molecule has 0 aromatic heterocycles. The van der Waals surface area contributed by atoms with Crippen LogP contribution in [-0.4, -0.2) is 42.8 Å². The molecule has 1 saturated carbocycles. The van der Waals surface area contributed by atoms with Crippen molar-refractivity contribution in [3.8, 4) is 6.07 Å². The number of ether oxygens (including phenoxy) is 1. The van der Waals surface area contributed by atoms with Crippen molar-refractivity contribution in [2.45, 2.75) is 24.5 Å². The summed E-state index contributed by atoms with van der Waals surface area (Å²) in [6.07, 6.45) is 0.487. The standard InChI is InChI=1S/C15H17N3O2/c16-9-12-10-18(6-7-20-12)15(19)17-14-8-13(14)11-4-2-1-3-5-11/h1-5,12-14H,6-8,10H2,(H,17,19)/t12-,13-,14+/m0/s1. The molecular weight excluding hydrogens is 254 g/mol. The molecule has 20 heavy (non-hydrogen) atoms. The number of nitriles is 1. The number of carbonyl (C=O) groups is 1. The number of morpholine rings is 1. The molecular formula is C15H17N3O2. The highest BCUT2D eigenvalue weighted by molar-refractivity contribution is 5.75. The van der Waals surface area contributed by atoms with E-state index in [9.17, 15) is 4.79 Å². The molecule has 1 aromatic carbocycles. The molecule has 5 nitrogen and oxygen atoms in total. The minimum atomic E-state index is -0.501. The molecule has 3 rings (SSSR count). The highest BCUT2D eigenvalue weighted by Crippen LogP contribution is 2.40. The van der Waals surface area contributed by atoms with Gasteiger partial charge in [-0.15, -0.1) is 0 Å². The molecule has 1 saturated heterocycles. The summed E-state index contributed by atoms with van der Waals surface area (Å²) in [4.78, 5) is 13.8. The van der Waals surface area contributed by atoms with Crippen molar-refractivity contribution in [2.24, 2.45) is 0 Å². The summed E-state index contributed by atoms with van der Waals surface area (Å²) in [5.74, 6) is 0.424. The van der Waals surface area contributed by atoms with Crippen molar-refractivity contribution in [3.63, 3.8) is 0 Å². The Morgan fingerprint density at radius 1 is 1.40 bits per heavy atom. The van der Waals surface area contributed by atoms with E-state index in [0.717, 1.165) is 6.42 Å². The average molecular weight is 271 g/mol. The summed E-state index contributed by atoms with van der Waals surface area (Å²) in [5, 5.41) is 11.9. The number of amides is 2. The number of benzene rings is 1. The first-order valence-corrected chi connectivity index (χ1v) is 6.89. The predicted molar refractivity (Wildman–Crippen MR) is 73.0 cm³/mol.